The number of benzene rings is 1. The van der Waals surface area contributed by atoms with E-state index in [2.05, 4.69) is 34.7 Å². The van der Waals surface area contributed by atoms with Crippen LogP contribution < -0.4 is 10.6 Å². The van der Waals surface area contributed by atoms with Gasteiger partial charge in [0.2, 0.25) is 11.8 Å². The first-order chi connectivity index (χ1) is 14.7. The monoisotopic (exact) mass is 470 g/mol. The van der Waals surface area contributed by atoms with Gasteiger partial charge in [-0.1, -0.05) is 18.2 Å². The smallest absolute Gasteiger partial charge is 0.246 e. The number of nitrogens with one attached hydrogen (secondary N) is 2. The molecule has 3 aromatic rings. The van der Waals surface area contributed by atoms with E-state index < -0.39 is 5.54 Å². The third kappa shape index (κ3) is 4.85. The van der Waals surface area contributed by atoms with Crippen LogP contribution in [0.2, 0.25) is 0 Å². The normalized spacial score (nSPS) is 15.1. The van der Waals surface area contributed by atoms with Crippen LogP contribution in [0, 0.1) is 6.92 Å². The lowest BCUT2D eigenvalue weighted by molar-refractivity contribution is -0.125. The number of fused-ring (bicyclic) bond motifs is 2. The quantitative estimate of drug-likeness (QED) is 0.550. The van der Waals surface area contributed by atoms with Crippen molar-refractivity contribution >= 4 is 57.5 Å². The van der Waals surface area contributed by atoms with Gasteiger partial charge in [0.05, 0.1) is 12.1 Å². The van der Waals surface area contributed by atoms with Crippen LogP contribution in [0.5, 0.6) is 0 Å². The summed E-state index contributed by atoms with van der Waals surface area (Å²) in [5.41, 5.74) is 2.27. The summed E-state index contributed by atoms with van der Waals surface area (Å²) in [4.78, 5) is 32.2. The van der Waals surface area contributed by atoms with E-state index in [1.165, 1.54) is 20.5 Å². The van der Waals surface area contributed by atoms with Crippen molar-refractivity contribution in [2.45, 2.75) is 39.4 Å². The number of pyridine rings is 1. The van der Waals surface area contributed by atoms with E-state index in [1.54, 1.807) is 34.6 Å². The molecule has 1 aliphatic heterocycles. The standard InChI is InChI=1S/C24H26N4O2S.ClH/c1-15-18-7-5-6-8-19(18)31-20(15)14-28(4)21(29)10-9-16-11-17-13-26-24(2,3)23(30)27-22(17)25-12-16;/h5-12,26H,13-14H2,1-4H3,(H,25,27,30);1H/b10-9+;. The number of anilines is 1. The summed E-state index contributed by atoms with van der Waals surface area (Å²) in [6.45, 7) is 6.87. The minimum Gasteiger partial charge on any atom is -0.337 e. The molecule has 168 valence electrons. The van der Waals surface area contributed by atoms with Gasteiger partial charge in [-0.2, -0.15) is 0 Å². The first-order valence-corrected chi connectivity index (χ1v) is 11.0. The van der Waals surface area contributed by atoms with Gasteiger partial charge in [0.1, 0.15) is 5.82 Å². The number of nitrogens with zero attached hydrogens (tertiary/aromatic N) is 2. The van der Waals surface area contributed by atoms with Crippen molar-refractivity contribution in [2.75, 3.05) is 12.4 Å². The van der Waals surface area contributed by atoms with Crippen molar-refractivity contribution < 1.29 is 9.59 Å². The van der Waals surface area contributed by atoms with Gasteiger partial charge in [0, 0.05) is 41.0 Å². The maximum atomic E-state index is 12.7. The molecule has 4 rings (SSSR count). The lowest BCUT2D eigenvalue weighted by Crippen LogP contribution is -2.47. The molecule has 8 heteroatoms. The third-order valence-electron chi connectivity index (χ3n) is 5.63. The number of hydrogen-bond donors (Lipinski definition) is 2. The minimum absolute atomic E-state index is 0. The zero-order valence-electron chi connectivity index (χ0n) is 18.6. The fraction of sp³-hybridized carbons (Fsp3) is 0.292. The Morgan fingerprint density at radius 3 is 2.81 bits per heavy atom. The number of likely N-dealkylation sites (N-methyl/N-ethyl adjacent to an activating group) is 1. The number of aryl methyl sites for hydroxylation is 1. The maximum absolute atomic E-state index is 12.7. The summed E-state index contributed by atoms with van der Waals surface area (Å²) in [7, 11) is 1.81. The van der Waals surface area contributed by atoms with Crippen LogP contribution >= 0.6 is 23.7 Å². The molecule has 0 spiro atoms. The van der Waals surface area contributed by atoms with E-state index in [0.717, 1.165) is 11.1 Å². The molecule has 0 saturated carbocycles. The molecule has 2 amide bonds. The highest BCUT2D eigenvalue weighted by Crippen LogP contribution is 2.31. The summed E-state index contributed by atoms with van der Waals surface area (Å²) >= 11 is 1.73. The SMILES string of the molecule is Cc1c(CN(C)C(=O)/C=C/c2cnc3c(c2)CNC(C)(C)C(=O)N3)sc2ccccc12.Cl. The Morgan fingerprint density at radius 2 is 2.06 bits per heavy atom. The molecule has 0 bridgehead atoms. The molecule has 6 nitrogen and oxygen atoms in total. The Morgan fingerprint density at radius 1 is 1.31 bits per heavy atom. The Kier molecular flexibility index (Phi) is 7.03. The Labute approximate surface area is 198 Å². The zero-order chi connectivity index (χ0) is 22.2. The van der Waals surface area contributed by atoms with Crippen molar-refractivity contribution in [3.8, 4) is 0 Å². The Balaban J connectivity index is 0.00000289. The van der Waals surface area contributed by atoms with Crippen molar-refractivity contribution in [3.05, 3.63) is 64.2 Å². The number of aromatic nitrogens is 1. The number of carbonyl (C=O) groups is 2. The molecule has 32 heavy (non-hydrogen) atoms. The van der Waals surface area contributed by atoms with Crippen molar-refractivity contribution in [3.63, 3.8) is 0 Å². The van der Waals surface area contributed by atoms with Crippen LogP contribution in [0.3, 0.4) is 0 Å². The number of thiophene rings is 1. The minimum atomic E-state index is -0.667. The fourth-order valence-electron chi connectivity index (χ4n) is 3.49. The van der Waals surface area contributed by atoms with Crippen molar-refractivity contribution in [1.29, 1.82) is 0 Å². The maximum Gasteiger partial charge on any atom is 0.246 e. The van der Waals surface area contributed by atoms with Gasteiger partial charge in [-0.25, -0.2) is 4.98 Å². The van der Waals surface area contributed by atoms with Gasteiger partial charge in [0.25, 0.3) is 0 Å². The number of hydrogen-bond acceptors (Lipinski definition) is 5. The van der Waals surface area contributed by atoms with Crippen LogP contribution in [0.15, 0.2) is 42.6 Å². The molecular weight excluding hydrogens is 444 g/mol. The van der Waals surface area contributed by atoms with Crippen LogP contribution in [0.4, 0.5) is 5.82 Å². The first-order valence-electron chi connectivity index (χ1n) is 10.2. The van der Waals surface area contributed by atoms with E-state index in [9.17, 15) is 9.59 Å². The summed E-state index contributed by atoms with van der Waals surface area (Å²) < 4.78 is 1.24. The van der Waals surface area contributed by atoms with Crippen LogP contribution in [-0.2, 0) is 22.7 Å². The average Bonchev–Trinajstić information content (AvgIpc) is 3.00. The van der Waals surface area contributed by atoms with E-state index in [-0.39, 0.29) is 24.2 Å². The van der Waals surface area contributed by atoms with Gasteiger partial charge in [0.15, 0.2) is 0 Å². The molecule has 0 radical (unpaired) electrons. The summed E-state index contributed by atoms with van der Waals surface area (Å²) in [5, 5.41) is 7.34. The van der Waals surface area contributed by atoms with Crippen LogP contribution in [-0.4, -0.2) is 34.3 Å². The topological polar surface area (TPSA) is 74.3 Å². The molecule has 1 aromatic carbocycles. The van der Waals surface area contributed by atoms with E-state index in [4.69, 9.17) is 0 Å². The van der Waals surface area contributed by atoms with E-state index >= 15 is 0 Å². The zero-order valence-corrected chi connectivity index (χ0v) is 20.2. The molecule has 2 aromatic heterocycles. The average molecular weight is 471 g/mol. The largest absolute Gasteiger partial charge is 0.337 e. The lowest BCUT2D eigenvalue weighted by atomic mass is 10.1. The molecular formula is C24H27ClN4O2S. The molecule has 2 N–H and O–H groups in total. The number of halogens is 1. The predicted molar refractivity (Wildman–Crippen MR) is 133 cm³/mol. The molecule has 0 aliphatic carbocycles. The number of carbonyl (C=O) groups excluding carboxylic acids is 2. The Bertz CT molecular complexity index is 1200. The highest BCUT2D eigenvalue weighted by Gasteiger charge is 2.30. The van der Waals surface area contributed by atoms with Crippen LogP contribution in [0.25, 0.3) is 16.2 Å². The van der Waals surface area contributed by atoms with Gasteiger partial charge in [-0.3, -0.25) is 14.9 Å². The van der Waals surface area contributed by atoms with E-state index in [1.807, 2.05) is 39.1 Å². The van der Waals surface area contributed by atoms with Gasteiger partial charge in [-0.15, -0.1) is 23.7 Å². The summed E-state index contributed by atoms with van der Waals surface area (Å²) in [6, 6.07) is 10.3. The predicted octanol–water partition coefficient (Wildman–Crippen LogP) is 4.52. The van der Waals surface area contributed by atoms with Gasteiger partial charge in [-0.05, 0) is 55.5 Å². The second kappa shape index (κ2) is 9.40. The van der Waals surface area contributed by atoms with E-state index in [0.29, 0.717) is 18.9 Å². The summed E-state index contributed by atoms with van der Waals surface area (Å²) in [5.74, 6) is 0.374. The highest BCUT2D eigenvalue weighted by molar-refractivity contribution is 7.19. The first kappa shape index (κ1) is 23.9. The fourth-order valence-corrected chi connectivity index (χ4v) is 4.76. The summed E-state index contributed by atoms with van der Waals surface area (Å²) in [6.07, 6.45) is 5.00. The molecule has 3 heterocycles. The molecule has 0 unspecified atom stereocenters. The second-order valence-corrected chi connectivity index (χ2v) is 9.52. The van der Waals surface area contributed by atoms with Crippen molar-refractivity contribution in [1.82, 2.24) is 15.2 Å². The Hall–Kier alpha value is -2.74. The van der Waals surface area contributed by atoms with Crippen LogP contribution in [0.1, 0.15) is 35.4 Å². The molecule has 0 atom stereocenters. The number of amides is 2. The van der Waals surface area contributed by atoms with Gasteiger partial charge >= 0.3 is 0 Å². The highest BCUT2D eigenvalue weighted by atomic mass is 35.5. The third-order valence-corrected chi connectivity index (χ3v) is 6.88. The van der Waals surface area contributed by atoms with Gasteiger partial charge < -0.3 is 10.2 Å². The molecule has 0 saturated heterocycles. The molecule has 1 aliphatic rings. The lowest BCUT2D eigenvalue weighted by Gasteiger charge is -2.21. The van der Waals surface area contributed by atoms with Crippen molar-refractivity contribution in [2.24, 2.45) is 0 Å². The molecule has 0 fully saturated rings. The second-order valence-electron chi connectivity index (χ2n) is 8.38. The number of rotatable bonds is 4.